The Bertz CT molecular complexity index is 2440. The Morgan fingerprint density at radius 3 is 2.21 bits per heavy atom. The standard InChI is InChI=1S/C48H50N6OS/c1-30-32(3)56-47-43(30)45(49-31(2)46-51-50-33(4)54(46)47)36-12-17-39(18-13-36)53-27-24-48(29-53)22-25-52(26-23-48)38-15-10-35(11-16-38)44-41(34-8-6-5-7-9-34)20-14-37-28-40(55)19-21-42(37)44/h5-13,15-19,21,28,31,41,44,55H,14,20,22-27,29H2,1-4H3/t31-,41+,44-/m0/s1. The molecule has 6 aromatic rings. The van der Waals surface area contributed by atoms with Gasteiger partial charge in [-0.1, -0.05) is 60.7 Å². The van der Waals surface area contributed by atoms with Crippen molar-refractivity contribution in [1.29, 1.82) is 0 Å². The summed E-state index contributed by atoms with van der Waals surface area (Å²) in [4.78, 5) is 11.8. The predicted molar refractivity (Wildman–Crippen MR) is 229 cm³/mol. The number of phenolic OH excluding ortho intramolecular Hbond substituents is 1. The lowest BCUT2D eigenvalue weighted by Crippen LogP contribution is -2.41. The largest absolute Gasteiger partial charge is 0.508 e. The second kappa shape index (κ2) is 13.8. The first-order valence-electron chi connectivity index (χ1n) is 20.4. The molecule has 4 aliphatic rings. The van der Waals surface area contributed by atoms with E-state index in [1.165, 1.54) is 73.9 Å². The van der Waals surface area contributed by atoms with Gasteiger partial charge < -0.3 is 14.9 Å². The summed E-state index contributed by atoms with van der Waals surface area (Å²) in [5.74, 6) is 2.88. The molecule has 56 heavy (non-hydrogen) atoms. The number of hydrogen-bond acceptors (Lipinski definition) is 7. The van der Waals surface area contributed by atoms with E-state index in [4.69, 9.17) is 4.99 Å². The van der Waals surface area contributed by atoms with E-state index >= 15 is 0 Å². The molecule has 5 heterocycles. The molecule has 1 spiro atoms. The fraction of sp³-hybridized carbons (Fsp3) is 0.354. The number of anilines is 2. The fourth-order valence-corrected chi connectivity index (χ4v) is 11.5. The molecule has 3 aliphatic heterocycles. The number of aromatic nitrogens is 3. The number of piperidine rings is 1. The zero-order chi connectivity index (χ0) is 38.1. The summed E-state index contributed by atoms with van der Waals surface area (Å²) >= 11 is 1.81. The Morgan fingerprint density at radius 2 is 1.46 bits per heavy atom. The maximum absolute atomic E-state index is 10.3. The fourth-order valence-electron chi connectivity index (χ4n) is 10.3. The molecule has 0 bridgehead atoms. The molecule has 284 valence electrons. The summed E-state index contributed by atoms with van der Waals surface area (Å²) in [6.07, 6.45) is 5.76. The Labute approximate surface area is 334 Å². The van der Waals surface area contributed by atoms with Gasteiger partial charge in [0.1, 0.15) is 22.6 Å². The zero-order valence-corrected chi connectivity index (χ0v) is 33.7. The van der Waals surface area contributed by atoms with E-state index in [1.807, 2.05) is 30.4 Å². The zero-order valence-electron chi connectivity index (χ0n) is 32.9. The Kier molecular flexibility index (Phi) is 8.66. The van der Waals surface area contributed by atoms with Crippen molar-refractivity contribution >= 4 is 28.4 Å². The van der Waals surface area contributed by atoms with Gasteiger partial charge in [-0.15, -0.1) is 21.5 Å². The molecule has 0 unspecified atom stereocenters. The minimum Gasteiger partial charge on any atom is -0.508 e. The Balaban J connectivity index is 0.828. The van der Waals surface area contributed by atoms with Crippen LogP contribution in [-0.2, 0) is 6.42 Å². The normalized spacial score (nSPS) is 21.4. The molecule has 10 rings (SSSR count). The SMILES string of the molecule is Cc1sc2c(c1C)C(c1ccc(N3CCC4(CCN(c5ccc([C@@H]6c7ccc(O)cc7CC[C@@H]6c6ccccc6)cc5)CC4)C3)cc1)=N[C@@H](C)c1nnc(C)n1-2. The van der Waals surface area contributed by atoms with Crippen LogP contribution in [0.2, 0.25) is 0 Å². The average Bonchev–Trinajstić information content (AvgIpc) is 3.89. The van der Waals surface area contributed by atoms with Crippen molar-refractivity contribution in [1.82, 2.24) is 14.8 Å². The van der Waals surface area contributed by atoms with Gasteiger partial charge in [0.15, 0.2) is 5.82 Å². The average molecular weight is 759 g/mol. The van der Waals surface area contributed by atoms with Gasteiger partial charge in [0.2, 0.25) is 0 Å². The monoisotopic (exact) mass is 758 g/mol. The lowest BCUT2D eigenvalue weighted by Gasteiger charge is -2.40. The molecule has 8 heteroatoms. The number of aliphatic imine (C=N–C) groups is 1. The van der Waals surface area contributed by atoms with Crippen LogP contribution in [0.5, 0.6) is 5.75 Å². The van der Waals surface area contributed by atoms with Gasteiger partial charge in [0.05, 0.1) is 5.71 Å². The third-order valence-corrected chi connectivity index (χ3v) is 14.7. The van der Waals surface area contributed by atoms with Crippen molar-refractivity contribution in [3.05, 3.63) is 153 Å². The van der Waals surface area contributed by atoms with Crippen LogP contribution in [0.15, 0.2) is 102 Å². The Hall–Kier alpha value is -5.21. The van der Waals surface area contributed by atoms with E-state index in [-0.39, 0.29) is 12.0 Å². The number of nitrogens with zero attached hydrogens (tertiary/aromatic N) is 6. The van der Waals surface area contributed by atoms with Crippen LogP contribution in [0.1, 0.15) is 106 Å². The first-order valence-corrected chi connectivity index (χ1v) is 21.2. The van der Waals surface area contributed by atoms with E-state index in [9.17, 15) is 5.11 Å². The molecule has 0 saturated carbocycles. The number of fused-ring (bicyclic) bond motifs is 4. The molecule has 3 atom stereocenters. The van der Waals surface area contributed by atoms with Gasteiger partial charge >= 0.3 is 0 Å². The molecule has 2 fully saturated rings. The summed E-state index contributed by atoms with van der Waals surface area (Å²) in [5, 5.41) is 20.4. The molecule has 0 amide bonds. The van der Waals surface area contributed by atoms with Crippen molar-refractivity contribution in [3.8, 4) is 10.8 Å². The third-order valence-electron chi connectivity index (χ3n) is 13.6. The first-order chi connectivity index (χ1) is 27.2. The molecular weight excluding hydrogens is 709 g/mol. The van der Waals surface area contributed by atoms with Gasteiger partial charge in [0, 0.05) is 59.5 Å². The van der Waals surface area contributed by atoms with Crippen LogP contribution in [0, 0.1) is 26.2 Å². The van der Waals surface area contributed by atoms with Crippen molar-refractivity contribution in [3.63, 3.8) is 0 Å². The van der Waals surface area contributed by atoms with E-state index in [0.29, 0.717) is 17.1 Å². The molecule has 7 nitrogen and oxygen atoms in total. The maximum atomic E-state index is 10.3. The highest BCUT2D eigenvalue weighted by atomic mass is 32.1. The van der Waals surface area contributed by atoms with Crippen molar-refractivity contribution in [2.24, 2.45) is 10.4 Å². The summed E-state index contributed by atoms with van der Waals surface area (Å²) in [6, 6.07) is 35.6. The quantitative estimate of drug-likeness (QED) is 0.190. The summed E-state index contributed by atoms with van der Waals surface area (Å²) < 4.78 is 2.21. The number of phenols is 1. The third kappa shape index (κ3) is 5.96. The lowest BCUT2D eigenvalue weighted by atomic mass is 9.69. The minimum absolute atomic E-state index is 0.0787. The molecule has 2 aromatic heterocycles. The van der Waals surface area contributed by atoms with Crippen LogP contribution in [0.25, 0.3) is 5.00 Å². The van der Waals surface area contributed by atoms with Crippen LogP contribution < -0.4 is 9.80 Å². The second-order valence-corrected chi connectivity index (χ2v) is 18.0. The van der Waals surface area contributed by atoms with Crippen LogP contribution >= 0.6 is 11.3 Å². The van der Waals surface area contributed by atoms with E-state index in [0.717, 1.165) is 61.9 Å². The van der Waals surface area contributed by atoms with Crippen molar-refractivity contribution in [2.45, 2.75) is 77.7 Å². The smallest absolute Gasteiger partial charge is 0.162 e. The number of benzene rings is 4. The van der Waals surface area contributed by atoms with Crippen molar-refractivity contribution < 1.29 is 5.11 Å². The topological polar surface area (TPSA) is 69.8 Å². The molecule has 4 aromatic carbocycles. The number of aryl methyl sites for hydroxylation is 3. The van der Waals surface area contributed by atoms with E-state index in [2.05, 4.69) is 130 Å². The van der Waals surface area contributed by atoms with E-state index in [1.54, 1.807) is 0 Å². The van der Waals surface area contributed by atoms with Gasteiger partial charge in [-0.2, -0.15) is 0 Å². The lowest BCUT2D eigenvalue weighted by molar-refractivity contribution is 0.250. The predicted octanol–water partition coefficient (Wildman–Crippen LogP) is 10.2. The molecule has 2 saturated heterocycles. The van der Waals surface area contributed by atoms with Gasteiger partial charge in [-0.3, -0.25) is 9.56 Å². The van der Waals surface area contributed by atoms with Crippen LogP contribution in [0.3, 0.4) is 0 Å². The number of aromatic hydroxyl groups is 1. The summed E-state index contributed by atoms with van der Waals surface area (Å²) in [6.45, 7) is 13.0. The van der Waals surface area contributed by atoms with Gasteiger partial charge in [0.25, 0.3) is 0 Å². The summed E-state index contributed by atoms with van der Waals surface area (Å²) in [5.41, 5.74) is 13.1. The highest BCUT2D eigenvalue weighted by Gasteiger charge is 2.41. The van der Waals surface area contributed by atoms with Crippen molar-refractivity contribution in [2.75, 3.05) is 36.0 Å². The molecule has 1 aliphatic carbocycles. The van der Waals surface area contributed by atoms with Crippen LogP contribution in [-0.4, -0.2) is 51.8 Å². The molecule has 0 radical (unpaired) electrons. The number of thiophene rings is 1. The van der Waals surface area contributed by atoms with Gasteiger partial charge in [-0.25, -0.2) is 0 Å². The molecule has 1 N–H and O–H groups in total. The number of hydrogen-bond donors (Lipinski definition) is 1. The van der Waals surface area contributed by atoms with E-state index < -0.39 is 0 Å². The minimum atomic E-state index is -0.0787. The Morgan fingerprint density at radius 1 is 0.768 bits per heavy atom. The highest BCUT2D eigenvalue weighted by molar-refractivity contribution is 7.15. The first kappa shape index (κ1) is 35.2. The highest BCUT2D eigenvalue weighted by Crippen LogP contribution is 2.48. The number of rotatable bonds is 5. The maximum Gasteiger partial charge on any atom is 0.162 e. The van der Waals surface area contributed by atoms with Crippen LogP contribution in [0.4, 0.5) is 11.4 Å². The van der Waals surface area contributed by atoms with Gasteiger partial charge in [-0.05, 0) is 135 Å². The summed E-state index contributed by atoms with van der Waals surface area (Å²) in [7, 11) is 0. The second-order valence-electron chi connectivity index (χ2n) is 16.8. The molecular formula is C48H50N6OS.